The van der Waals surface area contributed by atoms with Crippen LogP contribution in [-0.2, 0) is 6.54 Å². The molecular weight excluding hydrogens is 220 g/mol. The summed E-state index contributed by atoms with van der Waals surface area (Å²) in [5.41, 5.74) is 1.15. The van der Waals surface area contributed by atoms with Crippen molar-refractivity contribution in [3.8, 4) is 5.75 Å². The van der Waals surface area contributed by atoms with Crippen molar-refractivity contribution in [2.75, 3.05) is 20.2 Å². The minimum Gasteiger partial charge on any atom is -0.497 e. The number of methoxy groups -OCH3 is 1. The van der Waals surface area contributed by atoms with E-state index >= 15 is 0 Å². The number of amides is 1. The highest BCUT2D eigenvalue weighted by Crippen LogP contribution is 2.11. The largest absolute Gasteiger partial charge is 0.497 e. The van der Waals surface area contributed by atoms with Crippen LogP contribution >= 0.6 is 0 Å². The van der Waals surface area contributed by atoms with E-state index in [-0.39, 0.29) is 0 Å². The second kappa shape index (κ2) is 7.51. The summed E-state index contributed by atoms with van der Waals surface area (Å²) in [6, 6.07) is 7.84. The van der Waals surface area contributed by atoms with Crippen molar-refractivity contribution < 1.29 is 14.6 Å². The van der Waals surface area contributed by atoms with Gasteiger partial charge < -0.3 is 20.5 Å². The monoisotopic (exact) mass is 238 g/mol. The highest BCUT2D eigenvalue weighted by atomic mass is 16.5. The van der Waals surface area contributed by atoms with E-state index in [9.17, 15) is 4.79 Å². The Balaban J connectivity index is 2.15. The number of rotatable bonds is 7. The molecule has 0 unspecified atom stereocenters. The summed E-state index contributed by atoms with van der Waals surface area (Å²) in [4.78, 5) is 10.2. The SMILES string of the molecule is COc1cccc(CNCCCNC(=O)O)c1. The number of carboxylic acid groups (broad SMARTS) is 1. The minimum absolute atomic E-state index is 0.473. The molecule has 0 bridgehead atoms. The first-order chi connectivity index (χ1) is 8.22. The molecule has 5 heteroatoms. The summed E-state index contributed by atoms with van der Waals surface area (Å²) in [6.07, 6.45) is -0.200. The van der Waals surface area contributed by atoms with Gasteiger partial charge in [0, 0.05) is 13.1 Å². The highest BCUT2D eigenvalue weighted by molar-refractivity contribution is 5.64. The van der Waals surface area contributed by atoms with Crippen LogP contribution in [0.25, 0.3) is 0 Å². The summed E-state index contributed by atoms with van der Waals surface area (Å²) in [5, 5.41) is 13.9. The smallest absolute Gasteiger partial charge is 0.404 e. The van der Waals surface area contributed by atoms with Crippen molar-refractivity contribution >= 4 is 6.09 Å². The fourth-order valence-corrected chi connectivity index (χ4v) is 1.42. The van der Waals surface area contributed by atoms with Crippen LogP contribution in [0.1, 0.15) is 12.0 Å². The van der Waals surface area contributed by atoms with Gasteiger partial charge in [0.15, 0.2) is 0 Å². The fourth-order valence-electron chi connectivity index (χ4n) is 1.42. The Morgan fingerprint density at radius 2 is 2.24 bits per heavy atom. The van der Waals surface area contributed by atoms with Gasteiger partial charge in [-0.05, 0) is 30.7 Å². The Hall–Kier alpha value is -1.75. The highest BCUT2D eigenvalue weighted by Gasteiger charge is 1.96. The van der Waals surface area contributed by atoms with Gasteiger partial charge in [-0.25, -0.2) is 4.79 Å². The van der Waals surface area contributed by atoms with E-state index in [0.29, 0.717) is 6.54 Å². The van der Waals surface area contributed by atoms with Crippen LogP contribution in [-0.4, -0.2) is 31.4 Å². The molecule has 1 rings (SSSR count). The molecule has 3 N–H and O–H groups in total. The van der Waals surface area contributed by atoms with E-state index in [1.165, 1.54) is 0 Å². The van der Waals surface area contributed by atoms with Crippen molar-refractivity contribution in [3.05, 3.63) is 29.8 Å². The Morgan fingerprint density at radius 3 is 2.94 bits per heavy atom. The van der Waals surface area contributed by atoms with Crippen LogP contribution in [0.4, 0.5) is 4.79 Å². The van der Waals surface area contributed by atoms with Gasteiger partial charge in [-0.3, -0.25) is 0 Å². The zero-order valence-corrected chi connectivity index (χ0v) is 9.90. The van der Waals surface area contributed by atoms with Gasteiger partial charge in [0.05, 0.1) is 7.11 Å². The molecule has 0 aromatic heterocycles. The number of benzene rings is 1. The van der Waals surface area contributed by atoms with E-state index in [2.05, 4.69) is 10.6 Å². The zero-order chi connectivity index (χ0) is 12.5. The summed E-state index contributed by atoms with van der Waals surface area (Å²) in [7, 11) is 1.64. The lowest BCUT2D eigenvalue weighted by molar-refractivity contribution is 0.194. The normalized spacial score (nSPS) is 9.94. The maximum absolute atomic E-state index is 10.2. The molecule has 94 valence electrons. The molecule has 0 saturated heterocycles. The van der Waals surface area contributed by atoms with Crippen LogP contribution < -0.4 is 15.4 Å². The van der Waals surface area contributed by atoms with Gasteiger partial charge in [-0.1, -0.05) is 12.1 Å². The van der Waals surface area contributed by atoms with E-state index < -0.39 is 6.09 Å². The molecule has 5 nitrogen and oxygen atoms in total. The van der Waals surface area contributed by atoms with E-state index in [1.807, 2.05) is 24.3 Å². The average molecular weight is 238 g/mol. The Morgan fingerprint density at radius 1 is 1.41 bits per heavy atom. The molecule has 0 fully saturated rings. The van der Waals surface area contributed by atoms with Crippen molar-refractivity contribution in [2.24, 2.45) is 0 Å². The van der Waals surface area contributed by atoms with Crippen LogP contribution in [0.15, 0.2) is 24.3 Å². The molecule has 0 spiro atoms. The standard InChI is InChI=1S/C12H18N2O3/c1-17-11-5-2-4-10(8-11)9-13-6-3-7-14-12(15)16/h2,4-5,8,13-14H,3,6-7,9H2,1H3,(H,15,16). The Bertz CT molecular complexity index is 355. The zero-order valence-electron chi connectivity index (χ0n) is 9.90. The molecule has 0 aliphatic carbocycles. The molecule has 0 aliphatic rings. The number of carbonyl (C=O) groups is 1. The Labute approximate surface area is 101 Å². The topological polar surface area (TPSA) is 70.6 Å². The van der Waals surface area contributed by atoms with Crippen molar-refractivity contribution in [1.29, 1.82) is 0 Å². The first-order valence-corrected chi connectivity index (χ1v) is 5.53. The van der Waals surface area contributed by atoms with Crippen molar-refractivity contribution in [1.82, 2.24) is 10.6 Å². The van der Waals surface area contributed by atoms with Crippen LogP contribution in [0.5, 0.6) is 5.75 Å². The van der Waals surface area contributed by atoms with Gasteiger partial charge in [0.25, 0.3) is 0 Å². The molecule has 17 heavy (non-hydrogen) atoms. The quantitative estimate of drug-likeness (QED) is 0.629. The van der Waals surface area contributed by atoms with Crippen molar-refractivity contribution in [2.45, 2.75) is 13.0 Å². The maximum Gasteiger partial charge on any atom is 0.404 e. The summed E-state index contributed by atoms with van der Waals surface area (Å²) in [5.74, 6) is 0.844. The van der Waals surface area contributed by atoms with Crippen molar-refractivity contribution in [3.63, 3.8) is 0 Å². The van der Waals surface area contributed by atoms with E-state index in [1.54, 1.807) is 7.11 Å². The van der Waals surface area contributed by atoms with Gasteiger partial charge in [0.1, 0.15) is 5.75 Å². The third-order valence-corrected chi connectivity index (χ3v) is 2.27. The third-order valence-electron chi connectivity index (χ3n) is 2.27. The minimum atomic E-state index is -0.974. The first-order valence-electron chi connectivity index (χ1n) is 5.53. The molecule has 1 aromatic carbocycles. The number of hydrogen-bond acceptors (Lipinski definition) is 3. The average Bonchev–Trinajstić information content (AvgIpc) is 2.33. The molecule has 0 saturated carbocycles. The van der Waals surface area contributed by atoms with Gasteiger partial charge in [-0.15, -0.1) is 0 Å². The lowest BCUT2D eigenvalue weighted by Crippen LogP contribution is -2.25. The molecular formula is C12H18N2O3. The summed E-state index contributed by atoms with van der Waals surface area (Å²) in [6.45, 7) is 2.00. The lowest BCUT2D eigenvalue weighted by Gasteiger charge is -2.06. The molecule has 0 heterocycles. The second-order valence-electron chi connectivity index (χ2n) is 3.61. The van der Waals surface area contributed by atoms with E-state index in [4.69, 9.17) is 9.84 Å². The third kappa shape index (κ3) is 5.77. The summed E-state index contributed by atoms with van der Waals surface area (Å²) < 4.78 is 5.12. The molecule has 1 amide bonds. The maximum atomic E-state index is 10.2. The van der Waals surface area contributed by atoms with Crippen LogP contribution in [0, 0.1) is 0 Å². The number of nitrogens with one attached hydrogen (secondary N) is 2. The molecule has 0 radical (unpaired) electrons. The van der Waals surface area contributed by atoms with E-state index in [0.717, 1.165) is 30.8 Å². The molecule has 0 atom stereocenters. The van der Waals surface area contributed by atoms with Gasteiger partial charge in [0.2, 0.25) is 0 Å². The Kier molecular flexibility index (Phi) is 5.88. The first kappa shape index (κ1) is 13.3. The lowest BCUT2D eigenvalue weighted by atomic mass is 10.2. The predicted molar refractivity (Wildman–Crippen MR) is 65.3 cm³/mol. The summed E-state index contributed by atoms with van der Waals surface area (Å²) >= 11 is 0. The number of hydrogen-bond donors (Lipinski definition) is 3. The van der Waals surface area contributed by atoms with Gasteiger partial charge in [-0.2, -0.15) is 0 Å². The number of ether oxygens (including phenoxy) is 1. The predicted octanol–water partition coefficient (Wildman–Crippen LogP) is 1.44. The molecule has 0 aliphatic heterocycles. The van der Waals surface area contributed by atoms with Crippen LogP contribution in [0.2, 0.25) is 0 Å². The van der Waals surface area contributed by atoms with Gasteiger partial charge >= 0.3 is 6.09 Å². The fraction of sp³-hybridized carbons (Fsp3) is 0.417. The second-order valence-corrected chi connectivity index (χ2v) is 3.61. The molecule has 1 aromatic rings. The van der Waals surface area contributed by atoms with Crippen LogP contribution in [0.3, 0.4) is 0 Å².